The SMILES string of the molecule is CCOc1cc(C)nc(-n2cc(Br)c(N)n2)n1. The number of hydrogen-bond donors (Lipinski definition) is 1. The van der Waals surface area contributed by atoms with Crippen molar-refractivity contribution in [3.8, 4) is 11.8 Å². The fourth-order valence-electron chi connectivity index (χ4n) is 1.32. The number of anilines is 1. The Morgan fingerprint density at radius 1 is 1.47 bits per heavy atom. The van der Waals surface area contributed by atoms with E-state index in [9.17, 15) is 0 Å². The van der Waals surface area contributed by atoms with Crippen molar-refractivity contribution in [2.45, 2.75) is 13.8 Å². The molecule has 0 saturated heterocycles. The van der Waals surface area contributed by atoms with Crippen LogP contribution >= 0.6 is 15.9 Å². The molecule has 0 spiro atoms. The minimum atomic E-state index is 0.396. The highest BCUT2D eigenvalue weighted by Crippen LogP contribution is 2.19. The lowest BCUT2D eigenvalue weighted by Gasteiger charge is -2.05. The number of nitrogens with two attached hydrogens (primary N) is 1. The maximum absolute atomic E-state index is 5.65. The summed E-state index contributed by atoms with van der Waals surface area (Å²) in [6, 6.07) is 1.77. The molecule has 7 heteroatoms. The summed E-state index contributed by atoms with van der Waals surface area (Å²) >= 11 is 3.29. The van der Waals surface area contributed by atoms with E-state index in [-0.39, 0.29) is 0 Å². The summed E-state index contributed by atoms with van der Waals surface area (Å²) in [5.41, 5.74) is 6.46. The van der Waals surface area contributed by atoms with Crippen molar-refractivity contribution in [2.24, 2.45) is 0 Å². The number of nitrogen functional groups attached to an aromatic ring is 1. The van der Waals surface area contributed by atoms with Gasteiger partial charge in [0.1, 0.15) is 0 Å². The molecule has 0 aromatic carbocycles. The van der Waals surface area contributed by atoms with Crippen molar-refractivity contribution in [1.29, 1.82) is 0 Å². The van der Waals surface area contributed by atoms with E-state index < -0.39 is 0 Å². The largest absolute Gasteiger partial charge is 0.478 e. The zero-order valence-corrected chi connectivity index (χ0v) is 11.1. The summed E-state index contributed by atoms with van der Waals surface area (Å²) in [5, 5.41) is 4.09. The molecule has 90 valence electrons. The van der Waals surface area contributed by atoms with E-state index in [1.54, 1.807) is 12.3 Å². The standard InChI is InChI=1S/C10H12BrN5O/c1-3-17-8-4-6(2)13-10(14-8)16-5-7(11)9(12)15-16/h4-5H,3H2,1-2H3,(H2,12,15). The van der Waals surface area contributed by atoms with Gasteiger partial charge in [-0.15, -0.1) is 5.10 Å². The van der Waals surface area contributed by atoms with Gasteiger partial charge < -0.3 is 10.5 Å². The van der Waals surface area contributed by atoms with Crippen LogP contribution in [0, 0.1) is 6.92 Å². The third-order valence-electron chi connectivity index (χ3n) is 2.01. The maximum Gasteiger partial charge on any atom is 0.254 e. The first kappa shape index (κ1) is 11.8. The Kier molecular flexibility index (Phi) is 3.28. The van der Waals surface area contributed by atoms with Crippen LogP contribution in [0.1, 0.15) is 12.6 Å². The summed E-state index contributed by atoms with van der Waals surface area (Å²) in [4.78, 5) is 8.51. The molecule has 0 atom stereocenters. The van der Waals surface area contributed by atoms with E-state index in [1.165, 1.54) is 4.68 Å². The zero-order valence-electron chi connectivity index (χ0n) is 9.51. The Balaban J connectivity index is 2.44. The molecule has 2 rings (SSSR count). The van der Waals surface area contributed by atoms with Crippen LogP contribution in [0.5, 0.6) is 5.88 Å². The molecule has 17 heavy (non-hydrogen) atoms. The highest BCUT2D eigenvalue weighted by molar-refractivity contribution is 9.10. The number of nitrogens with zero attached hydrogens (tertiary/aromatic N) is 4. The van der Waals surface area contributed by atoms with Gasteiger partial charge in [0, 0.05) is 11.8 Å². The van der Waals surface area contributed by atoms with Gasteiger partial charge in [0.15, 0.2) is 5.82 Å². The smallest absolute Gasteiger partial charge is 0.254 e. The average molecular weight is 298 g/mol. The molecule has 0 aliphatic carbocycles. The molecular weight excluding hydrogens is 286 g/mol. The van der Waals surface area contributed by atoms with Gasteiger partial charge in [-0.3, -0.25) is 0 Å². The van der Waals surface area contributed by atoms with Crippen LogP contribution in [0.25, 0.3) is 5.95 Å². The van der Waals surface area contributed by atoms with Gasteiger partial charge in [-0.05, 0) is 29.8 Å². The molecule has 0 unspecified atom stereocenters. The summed E-state index contributed by atoms with van der Waals surface area (Å²) in [5.74, 6) is 1.36. The number of aromatic nitrogens is 4. The van der Waals surface area contributed by atoms with E-state index in [4.69, 9.17) is 10.5 Å². The Hall–Kier alpha value is -1.63. The molecule has 2 aromatic rings. The monoisotopic (exact) mass is 297 g/mol. The molecule has 0 radical (unpaired) electrons. The first-order valence-corrected chi connectivity index (χ1v) is 5.89. The molecule has 0 amide bonds. The van der Waals surface area contributed by atoms with Gasteiger partial charge in [0.25, 0.3) is 5.95 Å². The van der Waals surface area contributed by atoms with Gasteiger partial charge >= 0.3 is 0 Å². The predicted octanol–water partition coefficient (Wildman–Crippen LogP) is 1.71. The normalized spacial score (nSPS) is 10.5. The summed E-state index contributed by atoms with van der Waals surface area (Å²) < 4.78 is 7.57. The van der Waals surface area contributed by atoms with Crippen LogP contribution in [-0.2, 0) is 0 Å². The minimum Gasteiger partial charge on any atom is -0.478 e. The first-order chi connectivity index (χ1) is 8.10. The van der Waals surface area contributed by atoms with Gasteiger partial charge in [0.2, 0.25) is 5.88 Å². The number of hydrogen-bond acceptors (Lipinski definition) is 5. The van der Waals surface area contributed by atoms with E-state index in [0.717, 1.165) is 5.69 Å². The number of ether oxygens (including phenoxy) is 1. The lowest BCUT2D eigenvalue weighted by molar-refractivity contribution is 0.325. The first-order valence-electron chi connectivity index (χ1n) is 5.09. The highest BCUT2D eigenvalue weighted by atomic mass is 79.9. The third-order valence-corrected chi connectivity index (χ3v) is 2.62. The second-order valence-electron chi connectivity index (χ2n) is 3.39. The molecular formula is C10H12BrN5O. The van der Waals surface area contributed by atoms with Crippen molar-refractivity contribution in [3.63, 3.8) is 0 Å². The second kappa shape index (κ2) is 4.70. The fourth-order valence-corrected chi connectivity index (χ4v) is 1.59. The lowest BCUT2D eigenvalue weighted by Crippen LogP contribution is -2.06. The van der Waals surface area contributed by atoms with Crippen molar-refractivity contribution < 1.29 is 4.74 Å². The Bertz CT molecular complexity index is 520. The average Bonchev–Trinajstić information content (AvgIpc) is 2.59. The number of rotatable bonds is 3. The molecule has 0 saturated carbocycles. The van der Waals surface area contributed by atoms with Gasteiger partial charge in [0.05, 0.1) is 17.3 Å². The second-order valence-corrected chi connectivity index (χ2v) is 4.24. The highest BCUT2D eigenvalue weighted by Gasteiger charge is 2.09. The summed E-state index contributed by atoms with van der Waals surface area (Å²) in [6.45, 7) is 4.33. The Morgan fingerprint density at radius 2 is 2.24 bits per heavy atom. The molecule has 0 aliphatic heterocycles. The summed E-state index contributed by atoms with van der Waals surface area (Å²) in [7, 11) is 0. The van der Waals surface area contributed by atoms with Crippen molar-refractivity contribution in [3.05, 3.63) is 22.4 Å². The van der Waals surface area contributed by atoms with Crippen molar-refractivity contribution >= 4 is 21.7 Å². The fraction of sp³-hybridized carbons (Fsp3) is 0.300. The lowest BCUT2D eigenvalue weighted by atomic mass is 10.4. The number of halogens is 1. The summed E-state index contributed by atoms with van der Waals surface area (Å²) in [6.07, 6.45) is 1.71. The molecule has 0 fully saturated rings. The van der Waals surface area contributed by atoms with Crippen molar-refractivity contribution in [2.75, 3.05) is 12.3 Å². The molecule has 0 aliphatic rings. The zero-order chi connectivity index (χ0) is 12.4. The van der Waals surface area contributed by atoms with Crippen LogP contribution in [0.15, 0.2) is 16.7 Å². The quantitative estimate of drug-likeness (QED) is 0.933. The third kappa shape index (κ3) is 2.55. The maximum atomic E-state index is 5.65. The van der Waals surface area contributed by atoms with Crippen LogP contribution < -0.4 is 10.5 Å². The van der Waals surface area contributed by atoms with Crippen molar-refractivity contribution in [1.82, 2.24) is 19.7 Å². The minimum absolute atomic E-state index is 0.396. The van der Waals surface area contributed by atoms with E-state index >= 15 is 0 Å². The molecule has 2 aromatic heterocycles. The Labute approximate surface area is 107 Å². The van der Waals surface area contributed by atoms with Crippen LogP contribution in [0.4, 0.5) is 5.82 Å². The van der Waals surface area contributed by atoms with E-state index in [1.807, 2.05) is 13.8 Å². The Morgan fingerprint density at radius 3 is 2.82 bits per heavy atom. The molecule has 2 N–H and O–H groups in total. The van der Waals surface area contributed by atoms with Gasteiger partial charge in [-0.1, -0.05) is 0 Å². The number of aryl methyl sites for hydroxylation is 1. The predicted molar refractivity (Wildman–Crippen MR) is 67.2 cm³/mol. The van der Waals surface area contributed by atoms with Gasteiger partial charge in [-0.25, -0.2) is 9.67 Å². The van der Waals surface area contributed by atoms with Crippen LogP contribution in [-0.4, -0.2) is 26.4 Å². The molecule has 2 heterocycles. The van der Waals surface area contributed by atoms with Crippen LogP contribution in [0.3, 0.4) is 0 Å². The van der Waals surface area contributed by atoms with E-state index in [0.29, 0.717) is 28.7 Å². The van der Waals surface area contributed by atoms with Crippen LogP contribution in [0.2, 0.25) is 0 Å². The van der Waals surface area contributed by atoms with Gasteiger partial charge in [-0.2, -0.15) is 4.98 Å². The van der Waals surface area contributed by atoms with E-state index in [2.05, 4.69) is 31.0 Å². The molecule has 6 nitrogen and oxygen atoms in total. The molecule has 0 bridgehead atoms. The topological polar surface area (TPSA) is 78.9 Å².